The lowest BCUT2D eigenvalue weighted by atomic mass is 9.36. The normalized spacial score (nSPS) is 19.1. The van der Waals surface area contributed by atoms with Crippen molar-refractivity contribution in [2.24, 2.45) is 21.7 Å². The van der Waals surface area contributed by atoms with Gasteiger partial charge in [-0.1, -0.05) is 377 Å². The second kappa shape index (κ2) is 22.8. The third-order valence-electron chi connectivity index (χ3n) is 24.5. The number of rotatable bonds is 18. The molecule has 0 fully saturated rings. The van der Waals surface area contributed by atoms with Crippen molar-refractivity contribution in [2.75, 3.05) is 0 Å². The van der Waals surface area contributed by atoms with Crippen LogP contribution in [0.5, 0.6) is 0 Å². The van der Waals surface area contributed by atoms with Gasteiger partial charge in [0.2, 0.25) is 0 Å². The van der Waals surface area contributed by atoms with Crippen LogP contribution in [0.15, 0.2) is 265 Å². The molecule has 0 aliphatic heterocycles. The number of allylic oxidation sites excluding steroid dienone is 2. The highest BCUT2D eigenvalue weighted by Gasteiger charge is 2.73. The van der Waals surface area contributed by atoms with E-state index in [1.54, 1.807) is 11.8 Å². The molecule has 3 heteroatoms. The molecule has 2 atom stereocenters. The van der Waals surface area contributed by atoms with E-state index in [4.69, 9.17) is 0 Å². The zero-order valence-electron chi connectivity index (χ0n) is 55.1. The average molecular weight is 1170 g/mol. The van der Waals surface area contributed by atoms with Crippen molar-refractivity contribution in [3.05, 3.63) is 309 Å². The van der Waals surface area contributed by atoms with Crippen LogP contribution in [-0.2, 0) is 43.3 Å². The molecule has 0 amide bonds. The monoisotopic (exact) mass is 1170 g/mol. The highest BCUT2D eigenvalue weighted by atomic mass is 32.2. The van der Waals surface area contributed by atoms with E-state index in [-0.39, 0.29) is 0 Å². The Morgan fingerprint density at radius 3 is 0.563 bits per heavy atom. The first-order valence-electron chi connectivity index (χ1n) is 31.9. The van der Waals surface area contributed by atoms with Gasteiger partial charge in [-0.2, -0.15) is 0 Å². The van der Waals surface area contributed by atoms with Crippen LogP contribution in [0, 0.1) is 21.7 Å². The van der Waals surface area contributed by atoms with Gasteiger partial charge in [0, 0.05) is 31.5 Å². The topological polar surface area (TPSA) is 40.5 Å². The van der Waals surface area contributed by atoms with Crippen LogP contribution in [0.2, 0.25) is 0 Å². The van der Waals surface area contributed by atoms with E-state index in [0.717, 1.165) is 9.81 Å². The summed E-state index contributed by atoms with van der Waals surface area (Å²) in [5.74, 6) is 0. The van der Waals surface area contributed by atoms with Crippen LogP contribution in [0.4, 0.5) is 0 Å². The standard InChI is InChI=1S/C84H98O2S/c1-73(2,61-41-25-17-26-42-61)81(74(3,4)62-43-27-18-28-44-62)57-69(71(85)83(59-81,77(9,10)65-49-33-21-34-50-65)78(11,12)66-51-35-22-36-52-66)87-70-58-82(75(5,6)63-45-29-19-30-46-63,76(7,8)64-47-31-20-32-48-64)60-84(72(70)86,79(13,14)67-53-37-23-38-54-67)80(15,16)68-55-39-24-40-56-68/h17-58,71-72,85-86H,59-60H2,1-16H3. The van der Waals surface area contributed by atoms with Crippen LogP contribution >= 0.6 is 11.8 Å². The lowest BCUT2D eigenvalue weighted by molar-refractivity contribution is -0.120. The van der Waals surface area contributed by atoms with Crippen molar-refractivity contribution in [2.45, 2.75) is 179 Å². The molecule has 0 heterocycles. The SMILES string of the molecule is CC(C)(c1ccccc1)C1(C(C)(C)c2ccccc2)C=C(SC2=CC(C(C)(C)c3ccccc3)(C(C)(C)c3ccccc3)CC(C(C)(C)c3ccccc3)(C(C)(C)c3ccccc3)C2O)C(O)C(C(C)(C)c2ccccc2)(C(C)(C)c2ccccc2)C1. The van der Waals surface area contributed by atoms with Crippen molar-refractivity contribution in [1.82, 2.24) is 0 Å². The molecule has 2 unspecified atom stereocenters. The van der Waals surface area contributed by atoms with Gasteiger partial charge in [0.15, 0.2) is 0 Å². The van der Waals surface area contributed by atoms with Gasteiger partial charge in [0.05, 0.1) is 12.2 Å². The Labute approximate surface area is 528 Å². The van der Waals surface area contributed by atoms with E-state index in [0.29, 0.717) is 12.8 Å². The summed E-state index contributed by atoms with van der Waals surface area (Å²) in [6.07, 6.45) is 4.27. The van der Waals surface area contributed by atoms with E-state index in [1.807, 2.05) is 0 Å². The Morgan fingerprint density at radius 1 is 0.253 bits per heavy atom. The third kappa shape index (κ3) is 9.56. The van der Waals surface area contributed by atoms with Crippen molar-refractivity contribution in [1.29, 1.82) is 0 Å². The lowest BCUT2D eigenvalue weighted by Gasteiger charge is -2.69. The summed E-state index contributed by atoms with van der Waals surface area (Å²) in [6, 6.07) is 88.8. The minimum atomic E-state index is -1.05. The van der Waals surface area contributed by atoms with Crippen molar-refractivity contribution < 1.29 is 10.2 Å². The van der Waals surface area contributed by atoms with Crippen LogP contribution in [0.25, 0.3) is 0 Å². The predicted molar refractivity (Wildman–Crippen MR) is 370 cm³/mol. The second-order valence-corrected chi connectivity index (χ2v) is 31.3. The van der Waals surface area contributed by atoms with E-state index < -0.39 is 77.2 Å². The van der Waals surface area contributed by atoms with Gasteiger partial charge in [-0.3, -0.25) is 0 Å². The maximum absolute atomic E-state index is 15.2. The van der Waals surface area contributed by atoms with Gasteiger partial charge in [0.1, 0.15) is 0 Å². The molecule has 8 aromatic rings. The molecule has 0 saturated carbocycles. The quantitative estimate of drug-likeness (QED) is 0.0900. The Kier molecular flexibility index (Phi) is 16.7. The minimum Gasteiger partial charge on any atom is -0.387 e. The van der Waals surface area contributed by atoms with Crippen LogP contribution in [0.1, 0.15) is 168 Å². The smallest absolute Gasteiger partial charge is 0.0921 e. The van der Waals surface area contributed by atoms with Crippen LogP contribution in [0.3, 0.4) is 0 Å². The Morgan fingerprint density at radius 2 is 0.402 bits per heavy atom. The molecule has 0 spiro atoms. The summed E-state index contributed by atoms with van der Waals surface area (Å²) in [6.45, 7) is 39.1. The van der Waals surface area contributed by atoms with Crippen molar-refractivity contribution in [3.63, 3.8) is 0 Å². The Bertz CT molecular complexity index is 3220. The first kappa shape index (κ1) is 63.5. The van der Waals surface area contributed by atoms with Gasteiger partial charge < -0.3 is 10.2 Å². The highest BCUT2D eigenvalue weighted by molar-refractivity contribution is 8.06. The summed E-state index contributed by atoms with van der Waals surface area (Å²) < 4.78 is 0. The number of hydrogen-bond acceptors (Lipinski definition) is 3. The summed E-state index contributed by atoms with van der Waals surface area (Å²) >= 11 is 1.68. The molecule has 2 aliphatic rings. The number of hydrogen-bond donors (Lipinski definition) is 2. The maximum Gasteiger partial charge on any atom is 0.0921 e. The van der Waals surface area contributed by atoms with Gasteiger partial charge in [-0.05, 0) is 101 Å². The molecule has 2 N–H and O–H groups in total. The molecule has 10 rings (SSSR count). The average Bonchev–Trinajstić information content (AvgIpc) is 0.680. The van der Waals surface area contributed by atoms with Gasteiger partial charge in [-0.25, -0.2) is 0 Å². The first-order valence-corrected chi connectivity index (χ1v) is 32.8. The van der Waals surface area contributed by atoms with Gasteiger partial charge >= 0.3 is 0 Å². The molecule has 0 bridgehead atoms. The Hall–Kier alpha value is -6.49. The van der Waals surface area contributed by atoms with E-state index in [2.05, 4.69) is 366 Å². The summed E-state index contributed by atoms with van der Waals surface area (Å²) in [5, 5.41) is 30.4. The fraction of sp³-hybridized carbons (Fsp3) is 0.381. The maximum atomic E-state index is 15.2. The largest absolute Gasteiger partial charge is 0.387 e. The fourth-order valence-electron chi connectivity index (χ4n) is 18.5. The number of thioether (sulfide) groups is 1. The lowest BCUT2D eigenvalue weighted by Crippen LogP contribution is -2.69. The van der Waals surface area contributed by atoms with Crippen molar-refractivity contribution in [3.8, 4) is 0 Å². The van der Waals surface area contributed by atoms with E-state index in [1.165, 1.54) is 44.5 Å². The molecule has 452 valence electrons. The molecular weight excluding hydrogens is 1070 g/mol. The van der Waals surface area contributed by atoms with Gasteiger partial charge in [0.25, 0.3) is 0 Å². The van der Waals surface area contributed by atoms with Crippen LogP contribution in [-0.4, -0.2) is 22.4 Å². The zero-order chi connectivity index (χ0) is 62.7. The van der Waals surface area contributed by atoms with E-state index >= 15 is 10.2 Å². The minimum absolute atomic E-state index is 0.577. The molecule has 0 aromatic heterocycles. The molecule has 8 aromatic carbocycles. The second-order valence-electron chi connectivity index (χ2n) is 30.2. The molecule has 2 aliphatic carbocycles. The predicted octanol–water partition coefficient (Wildman–Crippen LogP) is 20.8. The molecule has 0 radical (unpaired) electrons. The first-order chi connectivity index (χ1) is 41.0. The number of aliphatic hydroxyl groups excluding tert-OH is 2. The molecule has 87 heavy (non-hydrogen) atoms. The summed E-state index contributed by atoms with van der Waals surface area (Å²) in [4.78, 5) is 1.73. The highest BCUT2D eigenvalue weighted by Crippen LogP contribution is 2.75. The third-order valence-corrected chi connectivity index (χ3v) is 25.6. The molecule has 0 saturated heterocycles. The zero-order valence-corrected chi connectivity index (χ0v) is 55.9. The molecular formula is C84H98O2S. The summed E-state index contributed by atoms with van der Waals surface area (Å²) in [7, 11) is 0. The van der Waals surface area contributed by atoms with Crippen molar-refractivity contribution >= 4 is 11.8 Å². The Balaban J connectivity index is 1.42. The van der Waals surface area contributed by atoms with Gasteiger partial charge in [-0.15, -0.1) is 0 Å². The number of aliphatic hydroxyl groups is 2. The van der Waals surface area contributed by atoms with E-state index in [9.17, 15) is 0 Å². The summed E-state index contributed by atoms with van der Waals surface area (Å²) in [5.41, 5.74) is 1.12. The van der Waals surface area contributed by atoms with Crippen LogP contribution < -0.4 is 0 Å². The fourth-order valence-corrected chi connectivity index (χ4v) is 19.9. The number of benzene rings is 8. The molecule has 2 nitrogen and oxygen atoms in total.